The zero-order chi connectivity index (χ0) is 27.8. The minimum absolute atomic E-state index is 0.218. The fourth-order valence-corrected chi connectivity index (χ4v) is 5.69. The summed E-state index contributed by atoms with van der Waals surface area (Å²) in [6.45, 7) is 0.418. The highest BCUT2D eigenvalue weighted by molar-refractivity contribution is 6.02. The van der Waals surface area contributed by atoms with Gasteiger partial charge in [0, 0.05) is 34.9 Å². The number of carbonyl (C=O) groups is 1. The number of hydrogen-bond donors (Lipinski definition) is 3. The molecule has 3 N–H and O–H groups in total. The van der Waals surface area contributed by atoms with E-state index in [2.05, 4.69) is 14.9 Å². The van der Waals surface area contributed by atoms with Gasteiger partial charge in [-0.05, 0) is 78.1 Å². The number of nitrogens with one attached hydrogen (secondary N) is 2. The van der Waals surface area contributed by atoms with Crippen LogP contribution < -0.4 is 14.8 Å². The van der Waals surface area contributed by atoms with Crippen LogP contribution in [0, 0.1) is 5.82 Å². The first-order valence-electron chi connectivity index (χ1n) is 13.2. The number of aromatic nitrogens is 2. The monoisotopic (exact) mass is 539 g/mol. The molecule has 0 spiro atoms. The first-order valence-corrected chi connectivity index (χ1v) is 13.2. The zero-order valence-corrected chi connectivity index (χ0v) is 22.3. The van der Waals surface area contributed by atoms with Crippen LogP contribution in [0.2, 0.25) is 0 Å². The molecule has 40 heavy (non-hydrogen) atoms. The normalized spacial score (nSPS) is 13.0. The van der Waals surface area contributed by atoms with Gasteiger partial charge in [0.15, 0.2) is 11.5 Å². The van der Waals surface area contributed by atoms with E-state index in [0.717, 1.165) is 45.3 Å². The minimum atomic E-state index is -0.499. The molecule has 1 aliphatic heterocycles. The van der Waals surface area contributed by atoms with Crippen molar-refractivity contribution >= 4 is 16.8 Å². The van der Waals surface area contributed by atoms with E-state index in [1.807, 2.05) is 48.7 Å². The number of aromatic amines is 1. The lowest BCUT2D eigenvalue weighted by atomic mass is 9.97. The first kappa shape index (κ1) is 25.7. The van der Waals surface area contributed by atoms with Crippen molar-refractivity contribution in [2.24, 2.45) is 0 Å². The van der Waals surface area contributed by atoms with Crippen LogP contribution >= 0.6 is 0 Å². The standard InChI is InChI=1S/C32H30FN3O4/c1-39-29-14-20-11-12-36-28(25(20)16-30(29)40-2)15-26(31(36)19-7-9-22(33)10-8-19)32(38)35-23(18-37)13-21-17-34-27-6-4-3-5-24(21)27/h3-10,14-17,23,34,37H,11-13,18H2,1-2H3,(H,35,38)/t23-/m1/s1. The average molecular weight is 540 g/mol. The fourth-order valence-electron chi connectivity index (χ4n) is 5.69. The second kappa shape index (κ2) is 10.5. The van der Waals surface area contributed by atoms with Crippen molar-refractivity contribution in [3.05, 3.63) is 95.4 Å². The summed E-state index contributed by atoms with van der Waals surface area (Å²) in [6.07, 6.45) is 3.11. The summed E-state index contributed by atoms with van der Waals surface area (Å²) in [5, 5.41) is 14.3. The first-order chi connectivity index (χ1) is 19.5. The number of fused-ring (bicyclic) bond motifs is 4. The highest BCUT2D eigenvalue weighted by atomic mass is 19.1. The SMILES string of the molecule is COc1cc2c(cc1OC)-c1cc(C(=O)N[C@@H](CO)Cc3c[nH]c4ccccc34)c(-c3ccc(F)cc3)n1CC2. The van der Waals surface area contributed by atoms with Gasteiger partial charge < -0.3 is 29.4 Å². The van der Waals surface area contributed by atoms with Gasteiger partial charge in [0.1, 0.15) is 5.82 Å². The van der Waals surface area contributed by atoms with Crippen LogP contribution in [0.25, 0.3) is 33.4 Å². The Hall–Kier alpha value is -4.56. The number of H-pyrrole nitrogens is 1. The largest absolute Gasteiger partial charge is 0.493 e. The van der Waals surface area contributed by atoms with Gasteiger partial charge in [-0.2, -0.15) is 0 Å². The molecule has 5 aromatic rings. The highest BCUT2D eigenvalue weighted by Crippen LogP contribution is 2.42. The van der Waals surface area contributed by atoms with Crippen molar-refractivity contribution in [3.63, 3.8) is 0 Å². The molecule has 0 fully saturated rings. The summed E-state index contributed by atoms with van der Waals surface area (Å²) in [7, 11) is 3.20. The third kappa shape index (κ3) is 4.50. The Morgan fingerprint density at radius 3 is 2.58 bits per heavy atom. The predicted octanol–water partition coefficient (Wildman–Crippen LogP) is 5.35. The lowest BCUT2D eigenvalue weighted by molar-refractivity contribution is 0.0917. The molecule has 0 unspecified atom stereocenters. The van der Waals surface area contributed by atoms with Gasteiger partial charge in [0.2, 0.25) is 0 Å². The molecule has 0 saturated heterocycles. The summed E-state index contributed by atoms with van der Waals surface area (Å²) in [6, 6.07) is 19.4. The summed E-state index contributed by atoms with van der Waals surface area (Å²) < 4.78 is 27.0. The maximum Gasteiger partial charge on any atom is 0.253 e. The van der Waals surface area contributed by atoms with E-state index in [1.165, 1.54) is 12.1 Å². The van der Waals surface area contributed by atoms with E-state index < -0.39 is 6.04 Å². The molecule has 1 amide bonds. The molecule has 0 bridgehead atoms. The van der Waals surface area contributed by atoms with Crippen LogP contribution in [0.4, 0.5) is 4.39 Å². The number of hydrogen-bond acceptors (Lipinski definition) is 4. The van der Waals surface area contributed by atoms with Gasteiger partial charge >= 0.3 is 0 Å². The van der Waals surface area contributed by atoms with Gasteiger partial charge in [-0.25, -0.2) is 4.39 Å². The number of aliphatic hydroxyl groups is 1. The Labute approximate surface area is 231 Å². The molecule has 8 heteroatoms. The number of halogens is 1. The second-order valence-corrected chi connectivity index (χ2v) is 9.98. The van der Waals surface area contributed by atoms with Crippen molar-refractivity contribution in [3.8, 4) is 34.0 Å². The number of rotatable bonds is 8. The number of methoxy groups -OCH3 is 2. The van der Waals surface area contributed by atoms with Crippen LogP contribution in [0.15, 0.2) is 72.9 Å². The highest BCUT2D eigenvalue weighted by Gasteiger charge is 2.28. The Morgan fingerprint density at radius 1 is 1.07 bits per heavy atom. The second-order valence-electron chi connectivity index (χ2n) is 9.98. The number of para-hydroxylation sites is 1. The van der Waals surface area contributed by atoms with Crippen LogP contribution in [-0.2, 0) is 19.4 Å². The molecule has 1 aliphatic rings. The number of benzene rings is 3. The van der Waals surface area contributed by atoms with E-state index in [4.69, 9.17) is 9.47 Å². The molecule has 7 nitrogen and oxygen atoms in total. The maximum absolute atomic E-state index is 13.9. The molecule has 3 heterocycles. The lowest BCUT2D eigenvalue weighted by Crippen LogP contribution is -2.39. The lowest BCUT2D eigenvalue weighted by Gasteiger charge is -2.23. The molecule has 204 valence electrons. The molecule has 2 aromatic heterocycles. The van der Waals surface area contributed by atoms with E-state index in [1.54, 1.807) is 26.4 Å². The maximum atomic E-state index is 13.9. The minimum Gasteiger partial charge on any atom is -0.493 e. The van der Waals surface area contributed by atoms with Gasteiger partial charge in [-0.1, -0.05) is 18.2 Å². The van der Waals surface area contributed by atoms with Crippen molar-refractivity contribution in [2.75, 3.05) is 20.8 Å². The van der Waals surface area contributed by atoms with Crippen molar-refractivity contribution in [1.82, 2.24) is 14.9 Å². The fraction of sp³-hybridized carbons (Fsp3) is 0.219. The molecular formula is C32H30FN3O4. The van der Waals surface area contributed by atoms with Crippen molar-refractivity contribution in [2.45, 2.75) is 25.4 Å². The molecular weight excluding hydrogens is 509 g/mol. The van der Waals surface area contributed by atoms with E-state index in [0.29, 0.717) is 35.7 Å². The average Bonchev–Trinajstić information content (AvgIpc) is 3.58. The van der Waals surface area contributed by atoms with Gasteiger partial charge in [-0.15, -0.1) is 0 Å². The molecule has 0 aliphatic carbocycles. The van der Waals surface area contributed by atoms with Gasteiger partial charge in [0.25, 0.3) is 5.91 Å². The number of carbonyl (C=O) groups excluding carboxylic acids is 1. The van der Waals surface area contributed by atoms with Gasteiger partial charge in [0.05, 0.1) is 38.1 Å². The molecule has 6 rings (SSSR count). The number of aliphatic hydroxyl groups excluding tert-OH is 1. The van der Waals surface area contributed by atoms with Crippen LogP contribution in [0.5, 0.6) is 11.5 Å². The Morgan fingerprint density at radius 2 is 1.82 bits per heavy atom. The molecule has 3 aromatic carbocycles. The van der Waals surface area contributed by atoms with Crippen LogP contribution in [-0.4, -0.2) is 47.4 Å². The number of ether oxygens (including phenoxy) is 2. The van der Waals surface area contributed by atoms with Crippen molar-refractivity contribution < 1.29 is 23.8 Å². The Balaban J connectivity index is 1.40. The third-order valence-electron chi connectivity index (χ3n) is 7.65. The molecule has 0 radical (unpaired) electrons. The summed E-state index contributed by atoms with van der Waals surface area (Å²) in [4.78, 5) is 17.1. The van der Waals surface area contributed by atoms with E-state index in [9.17, 15) is 14.3 Å². The molecule has 1 atom stereocenters. The third-order valence-corrected chi connectivity index (χ3v) is 7.65. The summed E-state index contributed by atoms with van der Waals surface area (Å²) in [5.41, 5.74) is 6.82. The topological polar surface area (TPSA) is 88.5 Å². The number of amides is 1. The summed E-state index contributed by atoms with van der Waals surface area (Å²) in [5.74, 6) is 0.605. The zero-order valence-electron chi connectivity index (χ0n) is 22.3. The Bertz CT molecular complexity index is 1700. The van der Waals surface area contributed by atoms with Gasteiger partial charge in [-0.3, -0.25) is 4.79 Å². The number of nitrogens with zero attached hydrogens (tertiary/aromatic N) is 1. The summed E-state index contributed by atoms with van der Waals surface area (Å²) >= 11 is 0. The van der Waals surface area contributed by atoms with Crippen molar-refractivity contribution in [1.29, 1.82) is 0 Å². The van der Waals surface area contributed by atoms with E-state index >= 15 is 0 Å². The predicted molar refractivity (Wildman–Crippen MR) is 152 cm³/mol. The van der Waals surface area contributed by atoms with Crippen LogP contribution in [0.3, 0.4) is 0 Å². The number of aryl methyl sites for hydroxylation is 1. The van der Waals surface area contributed by atoms with E-state index in [-0.39, 0.29) is 18.3 Å². The Kier molecular flexibility index (Phi) is 6.77. The van der Waals surface area contributed by atoms with Crippen LogP contribution in [0.1, 0.15) is 21.5 Å². The smallest absolute Gasteiger partial charge is 0.253 e. The quantitative estimate of drug-likeness (QED) is 0.248. The molecule has 0 saturated carbocycles.